The van der Waals surface area contributed by atoms with Crippen LogP contribution in [0, 0.1) is 5.92 Å². The van der Waals surface area contributed by atoms with Gasteiger partial charge in [-0.15, -0.1) is 0 Å². The Morgan fingerprint density at radius 1 is 1.38 bits per heavy atom. The maximum absolute atomic E-state index is 12.0. The SMILES string of the molecule is CCCNC1CCN(CC(CC)CC)C1=O. The molecule has 94 valence electrons. The predicted octanol–water partition coefficient (Wildman–Crippen LogP) is 2.02. The van der Waals surface area contributed by atoms with E-state index in [0.717, 1.165) is 32.5 Å². The van der Waals surface area contributed by atoms with Crippen molar-refractivity contribution in [3.63, 3.8) is 0 Å². The van der Waals surface area contributed by atoms with Crippen LogP contribution in [-0.4, -0.2) is 36.5 Å². The Morgan fingerprint density at radius 2 is 2.06 bits per heavy atom. The number of carbonyl (C=O) groups is 1. The summed E-state index contributed by atoms with van der Waals surface area (Å²) in [5, 5.41) is 3.33. The Bertz CT molecular complexity index is 214. The average molecular weight is 226 g/mol. The van der Waals surface area contributed by atoms with Gasteiger partial charge in [-0.1, -0.05) is 33.6 Å². The summed E-state index contributed by atoms with van der Waals surface area (Å²) in [7, 11) is 0. The minimum absolute atomic E-state index is 0.0920. The quantitative estimate of drug-likeness (QED) is 0.720. The molecule has 1 rings (SSSR count). The highest BCUT2D eigenvalue weighted by molar-refractivity contribution is 5.83. The van der Waals surface area contributed by atoms with E-state index in [-0.39, 0.29) is 6.04 Å². The van der Waals surface area contributed by atoms with Crippen molar-refractivity contribution in [3.05, 3.63) is 0 Å². The molecular weight excluding hydrogens is 200 g/mol. The summed E-state index contributed by atoms with van der Waals surface area (Å²) in [4.78, 5) is 14.1. The van der Waals surface area contributed by atoms with E-state index in [0.29, 0.717) is 11.8 Å². The van der Waals surface area contributed by atoms with Crippen LogP contribution < -0.4 is 5.32 Å². The third kappa shape index (κ3) is 3.48. The minimum Gasteiger partial charge on any atom is -0.341 e. The highest BCUT2D eigenvalue weighted by Gasteiger charge is 2.31. The third-order valence-electron chi connectivity index (χ3n) is 3.57. The summed E-state index contributed by atoms with van der Waals surface area (Å²) in [5.74, 6) is 0.995. The van der Waals surface area contributed by atoms with Gasteiger partial charge in [0, 0.05) is 13.1 Å². The van der Waals surface area contributed by atoms with Gasteiger partial charge in [-0.25, -0.2) is 0 Å². The van der Waals surface area contributed by atoms with E-state index < -0.39 is 0 Å². The lowest BCUT2D eigenvalue weighted by molar-refractivity contribution is -0.130. The maximum Gasteiger partial charge on any atom is 0.239 e. The van der Waals surface area contributed by atoms with Crippen LogP contribution in [0.25, 0.3) is 0 Å². The summed E-state index contributed by atoms with van der Waals surface area (Å²) in [6.45, 7) is 9.40. The molecule has 0 spiro atoms. The molecule has 0 aromatic rings. The van der Waals surface area contributed by atoms with Crippen molar-refractivity contribution >= 4 is 5.91 Å². The fraction of sp³-hybridized carbons (Fsp3) is 0.923. The van der Waals surface area contributed by atoms with Gasteiger partial charge in [-0.05, 0) is 25.3 Å². The molecule has 1 amide bonds. The van der Waals surface area contributed by atoms with E-state index in [1.807, 2.05) is 4.90 Å². The van der Waals surface area contributed by atoms with Crippen LogP contribution in [0.15, 0.2) is 0 Å². The standard InChI is InChI=1S/C13H26N2O/c1-4-8-14-12-7-9-15(13(12)16)10-11(5-2)6-3/h11-12,14H,4-10H2,1-3H3. The Hall–Kier alpha value is -0.570. The van der Waals surface area contributed by atoms with Gasteiger partial charge in [0.05, 0.1) is 6.04 Å². The first-order chi connectivity index (χ1) is 7.72. The van der Waals surface area contributed by atoms with Crippen LogP contribution in [0.4, 0.5) is 0 Å². The number of carbonyl (C=O) groups excluding carboxylic acids is 1. The molecule has 0 radical (unpaired) electrons. The van der Waals surface area contributed by atoms with Gasteiger partial charge in [-0.3, -0.25) is 4.79 Å². The molecule has 3 heteroatoms. The van der Waals surface area contributed by atoms with Gasteiger partial charge < -0.3 is 10.2 Å². The number of likely N-dealkylation sites (tertiary alicyclic amines) is 1. The smallest absolute Gasteiger partial charge is 0.239 e. The van der Waals surface area contributed by atoms with E-state index in [1.54, 1.807) is 0 Å². The summed E-state index contributed by atoms with van der Waals surface area (Å²) in [6, 6.07) is 0.0920. The monoisotopic (exact) mass is 226 g/mol. The Balaban J connectivity index is 2.38. The van der Waals surface area contributed by atoms with E-state index in [4.69, 9.17) is 0 Å². The number of rotatable bonds is 7. The molecule has 0 saturated carbocycles. The summed E-state index contributed by atoms with van der Waals surface area (Å²) in [5.41, 5.74) is 0. The zero-order valence-corrected chi connectivity index (χ0v) is 11.0. The van der Waals surface area contributed by atoms with E-state index in [2.05, 4.69) is 26.1 Å². The molecule has 1 atom stereocenters. The fourth-order valence-corrected chi connectivity index (χ4v) is 2.29. The Kier molecular flexibility index (Phi) is 5.81. The number of hydrogen-bond donors (Lipinski definition) is 1. The molecule has 1 N–H and O–H groups in total. The van der Waals surface area contributed by atoms with Gasteiger partial charge in [0.15, 0.2) is 0 Å². The van der Waals surface area contributed by atoms with Crippen molar-refractivity contribution in [3.8, 4) is 0 Å². The van der Waals surface area contributed by atoms with Crippen molar-refractivity contribution in [2.45, 2.75) is 52.5 Å². The third-order valence-corrected chi connectivity index (χ3v) is 3.57. The second-order valence-electron chi connectivity index (χ2n) is 4.76. The number of nitrogens with one attached hydrogen (secondary N) is 1. The van der Waals surface area contributed by atoms with Crippen LogP contribution in [0.2, 0.25) is 0 Å². The topological polar surface area (TPSA) is 32.3 Å². The average Bonchev–Trinajstić information content (AvgIpc) is 2.65. The number of nitrogens with zero attached hydrogens (tertiary/aromatic N) is 1. The Morgan fingerprint density at radius 3 is 2.62 bits per heavy atom. The van der Waals surface area contributed by atoms with Crippen molar-refractivity contribution < 1.29 is 4.79 Å². The van der Waals surface area contributed by atoms with Crippen molar-refractivity contribution in [2.75, 3.05) is 19.6 Å². The molecule has 0 aromatic carbocycles. The first kappa shape index (κ1) is 13.5. The molecule has 0 aliphatic carbocycles. The van der Waals surface area contributed by atoms with Crippen LogP contribution in [-0.2, 0) is 4.79 Å². The molecule has 1 aliphatic rings. The highest BCUT2D eigenvalue weighted by atomic mass is 16.2. The molecule has 0 aromatic heterocycles. The molecule has 1 fully saturated rings. The second kappa shape index (κ2) is 6.89. The van der Waals surface area contributed by atoms with Gasteiger partial charge in [0.2, 0.25) is 5.91 Å². The van der Waals surface area contributed by atoms with Gasteiger partial charge in [-0.2, -0.15) is 0 Å². The summed E-state index contributed by atoms with van der Waals surface area (Å²) >= 11 is 0. The van der Waals surface area contributed by atoms with Gasteiger partial charge >= 0.3 is 0 Å². The largest absolute Gasteiger partial charge is 0.341 e. The van der Waals surface area contributed by atoms with Gasteiger partial charge in [0.1, 0.15) is 0 Å². The Labute approximate surface area is 99.6 Å². The fourth-order valence-electron chi connectivity index (χ4n) is 2.29. The number of hydrogen-bond acceptors (Lipinski definition) is 2. The van der Waals surface area contributed by atoms with Crippen LogP contribution in [0.5, 0.6) is 0 Å². The first-order valence-corrected chi connectivity index (χ1v) is 6.75. The first-order valence-electron chi connectivity index (χ1n) is 6.75. The lowest BCUT2D eigenvalue weighted by Crippen LogP contribution is -2.40. The highest BCUT2D eigenvalue weighted by Crippen LogP contribution is 2.16. The molecular formula is C13H26N2O. The van der Waals surface area contributed by atoms with Crippen molar-refractivity contribution in [1.82, 2.24) is 10.2 Å². The van der Waals surface area contributed by atoms with Crippen molar-refractivity contribution in [1.29, 1.82) is 0 Å². The van der Waals surface area contributed by atoms with E-state index >= 15 is 0 Å². The predicted molar refractivity (Wildman–Crippen MR) is 67.4 cm³/mol. The molecule has 1 saturated heterocycles. The summed E-state index contributed by atoms with van der Waals surface area (Å²) < 4.78 is 0. The molecule has 3 nitrogen and oxygen atoms in total. The second-order valence-corrected chi connectivity index (χ2v) is 4.76. The minimum atomic E-state index is 0.0920. The number of amides is 1. The van der Waals surface area contributed by atoms with Crippen LogP contribution >= 0.6 is 0 Å². The molecule has 1 unspecified atom stereocenters. The zero-order valence-electron chi connectivity index (χ0n) is 11.0. The van der Waals surface area contributed by atoms with Gasteiger partial charge in [0.25, 0.3) is 0 Å². The normalized spacial score (nSPS) is 21.1. The lowest BCUT2D eigenvalue weighted by Gasteiger charge is -2.22. The molecule has 1 heterocycles. The molecule has 0 bridgehead atoms. The van der Waals surface area contributed by atoms with Crippen LogP contribution in [0.1, 0.15) is 46.5 Å². The zero-order chi connectivity index (χ0) is 12.0. The van der Waals surface area contributed by atoms with Crippen LogP contribution in [0.3, 0.4) is 0 Å². The van der Waals surface area contributed by atoms with Crippen molar-refractivity contribution in [2.24, 2.45) is 5.92 Å². The van der Waals surface area contributed by atoms with E-state index in [9.17, 15) is 4.79 Å². The molecule has 1 aliphatic heterocycles. The maximum atomic E-state index is 12.0. The lowest BCUT2D eigenvalue weighted by atomic mass is 10.0. The van der Waals surface area contributed by atoms with E-state index in [1.165, 1.54) is 12.8 Å². The summed E-state index contributed by atoms with van der Waals surface area (Å²) in [6.07, 6.45) is 4.43. The molecule has 16 heavy (non-hydrogen) atoms.